The number of para-hydroxylation sites is 1. The molecule has 6 rings (SSSR count). The van der Waals surface area contributed by atoms with Crippen LogP contribution >= 0.6 is 0 Å². The SMILES string of the molecule is Cc1cccc(OCCCC(=O)N2CC3(CC3)COc3c(-c4cnn(Cc5ccccc5C(N)=O)c4)cccc32)c1C. The molecule has 1 spiro atoms. The molecule has 1 saturated carbocycles. The Kier molecular flexibility index (Phi) is 7.45. The van der Waals surface area contributed by atoms with Crippen molar-refractivity contribution in [2.24, 2.45) is 11.1 Å². The van der Waals surface area contributed by atoms with E-state index in [1.165, 1.54) is 5.56 Å². The molecule has 2 aliphatic rings. The van der Waals surface area contributed by atoms with E-state index in [9.17, 15) is 9.59 Å². The molecule has 1 aromatic heterocycles. The van der Waals surface area contributed by atoms with Crippen molar-refractivity contribution < 1.29 is 19.1 Å². The highest BCUT2D eigenvalue weighted by molar-refractivity contribution is 5.97. The first kappa shape index (κ1) is 27.6. The van der Waals surface area contributed by atoms with Gasteiger partial charge in [0.05, 0.1) is 31.6 Å². The fraction of sp³-hybridized carbons (Fsp3) is 0.324. The number of ether oxygens (including phenoxy) is 2. The molecule has 0 radical (unpaired) electrons. The van der Waals surface area contributed by atoms with E-state index in [4.69, 9.17) is 15.2 Å². The molecule has 0 unspecified atom stereocenters. The van der Waals surface area contributed by atoms with Crippen molar-refractivity contribution in [1.82, 2.24) is 9.78 Å². The van der Waals surface area contributed by atoms with Gasteiger partial charge >= 0.3 is 0 Å². The van der Waals surface area contributed by atoms with E-state index in [-0.39, 0.29) is 11.3 Å². The smallest absolute Gasteiger partial charge is 0.249 e. The molecule has 3 aromatic carbocycles. The number of aromatic nitrogens is 2. The molecule has 2 heterocycles. The lowest BCUT2D eigenvalue weighted by molar-refractivity contribution is -0.119. The Morgan fingerprint density at radius 3 is 2.67 bits per heavy atom. The topological polar surface area (TPSA) is 99.7 Å². The number of hydrogen-bond donors (Lipinski definition) is 1. The quantitative estimate of drug-likeness (QED) is 0.264. The summed E-state index contributed by atoms with van der Waals surface area (Å²) >= 11 is 0. The van der Waals surface area contributed by atoms with Crippen LogP contribution in [0.5, 0.6) is 11.5 Å². The van der Waals surface area contributed by atoms with Gasteiger partial charge in [0, 0.05) is 41.3 Å². The molecule has 2 N–H and O–H groups in total. The van der Waals surface area contributed by atoms with Crippen molar-refractivity contribution in [2.75, 3.05) is 24.7 Å². The molecule has 0 saturated heterocycles. The summed E-state index contributed by atoms with van der Waals surface area (Å²) in [5.41, 5.74) is 11.7. The zero-order valence-electron chi connectivity index (χ0n) is 24.1. The molecule has 4 aromatic rings. The highest BCUT2D eigenvalue weighted by Crippen LogP contribution is 2.52. The number of nitrogens with two attached hydrogens (primary N) is 1. The summed E-state index contributed by atoms with van der Waals surface area (Å²) in [6, 6.07) is 19.3. The minimum absolute atomic E-state index is 0.00375. The largest absolute Gasteiger partial charge is 0.493 e. The minimum atomic E-state index is -0.463. The zero-order chi connectivity index (χ0) is 29.3. The summed E-state index contributed by atoms with van der Waals surface area (Å²) in [7, 11) is 0. The van der Waals surface area contributed by atoms with E-state index in [2.05, 4.69) is 25.0 Å². The van der Waals surface area contributed by atoms with Crippen molar-refractivity contribution >= 4 is 17.5 Å². The van der Waals surface area contributed by atoms with Crippen LogP contribution in [0.4, 0.5) is 5.69 Å². The Morgan fingerprint density at radius 1 is 1.05 bits per heavy atom. The standard InChI is InChI=1S/C34H36N4O4/c1-23-8-5-13-30(24(23)2)41-17-7-14-31(39)38-21-34(15-16-34)22-42-32-27(11-6-12-29(32)38)26-18-36-37(20-26)19-25-9-3-4-10-28(25)33(35)40/h3-6,8-13,18,20H,7,14-17,19,21-22H2,1-2H3,(H2,35,40). The number of hydrogen-bond acceptors (Lipinski definition) is 5. The summed E-state index contributed by atoms with van der Waals surface area (Å²) < 4.78 is 14.3. The molecule has 1 aliphatic carbocycles. The second-order valence-electron chi connectivity index (χ2n) is 11.5. The Morgan fingerprint density at radius 2 is 1.86 bits per heavy atom. The molecular weight excluding hydrogens is 528 g/mol. The van der Waals surface area contributed by atoms with Crippen LogP contribution in [0.2, 0.25) is 0 Å². The molecule has 8 heteroatoms. The highest BCUT2D eigenvalue weighted by atomic mass is 16.5. The van der Waals surface area contributed by atoms with E-state index in [0.29, 0.717) is 50.5 Å². The van der Waals surface area contributed by atoms with E-state index in [1.54, 1.807) is 23.0 Å². The molecule has 0 bridgehead atoms. The summed E-state index contributed by atoms with van der Waals surface area (Å²) in [5.74, 6) is 1.19. The van der Waals surface area contributed by atoms with Gasteiger partial charge in [-0.25, -0.2) is 0 Å². The van der Waals surface area contributed by atoms with Gasteiger partial charge in [-0.1, -0.05) is 42.5 Å². The average Bonchev–Trinajstić information content (AvgIpc) is 3.65. The summed E-state index contributed by atoms with van der Waals surface area (Å²) in [5, 5.41) is 4.56. The van der Waals surface area contributed by atoms with Gasteiger partial charge in [-0.2, -0.15) is 5.10 Å². The van der Waals surface area contributed by atoms with Crippen molar-refractivity contribution in [3.8, 4) is 22.6 Å². The maximum atomic E-state index is 13.7. The summed E-state index contributed by atoms with van der Waals surface area (Å²) in [4.78, 5) is 27.5. The predicted octanol–water partition coefficient (Wildman–Crippen LogP) is 5.68. The Labute approximate surface area is 246 Å². The molecule has 1 fully saturated rings. The molecule has 2 amide bonds. The van der Waals surface area contributed by atoms with Crippen LogP contribution in [0.3, 0.4) is 0 Å². The highest BCUT2D eigenvalue weighted by Gasteiger charge is 2.48. The monoisotopic (exact) mass is 564 g/mol. The van der Waals surface area contributed by atoms with Crippen LogP contribution < -0.4 is 20.1 Å². The van der Waals surface area contributed by atoms with E-state index >= 15 is 0 Å². The third-order valence-electron chi connectivity index (χ3n) is 8.47. The van der Waals surface area contributed by atoms with Gasteiger partial charge in [0.25, 0.3) is 0 Å². The number of rotatable bonds is 9. The number of amides is 2. The van der Waals surface area contributed by atoms with Gasteiger partial charge in [-0.05, 0) is 68.0 Å². The van der Waals surface area contributed by atoms with Crippen molar-refractivity contribution in [3.05, 3.63) is 95.3 Å². The lowest BCUT2D eigenvalue weighted by Crippen LogP contribution is -2.36. The minimum Gasteiger partial charge on any atom is -0.493 e. The molecule has 42 heavy (non-hydrogen) atoms. The average molecular weight is 565 g/mol. The number of carbonyl (C=O) groups excluding carboxylic acids is 2. The number of primary amides is 1. The normalized spacial score (nSPS) is 15.0. The van der Waals surface area contributed by atoms with Crippen molar-refractivity contribution in [1.29, 1.82) is 0 Å². The van der Waals surface area contributed by atoms with Crippen LogP contribution in [0, 0.1) is 19.3 Å². The molecule has 1 aliphatic heterocycles. The van der Waals surface area contributed by atoms with Crippen LogP contribution in [-0.4, -0.2) is 41.4 Å². The number of anilines is 1. The number of nitrogens with zero attached hydrogens (tertiary/aromatic N) is 3. The first-order valence-corrected chi connectivity index (χ1v) is 14.5. The Hall–Kier alpha value is -4.59. The number of fused-ring (bicyclic) bond motifs is 1. The van der Waals surface area contributed by atoms with Crippen molar-refractivity contribution in [3.63, 3.8) is 0 Å². The summed E-state index contributed by atoms with van der Waals surface area (Å²) in [6.45, 7) is 6.25. The van der Waals surface area contributed by atoms with Gasteiger partial charge in [0.1, 0.15) is 5.75 Å². The third-order valence-corrected chi connectivity index (χ3v) is 8.47. The maximum Gasteiger partial charge on any atom is 0.249 e. The van der Waals surface area contributed by atoms with Crippen LogP contribution in [0.25, 0.3) is 11.1 Å². The Bertz CT molecular complexity index is 1640. The van der Waals surface area contributed by atoms with Crippen LogP contribution in [0.1, 0.15) is 52.7 Å². The fourth-order valence-corrected chi connectivity index (χ4v) is 5.59. The lowest BCUT2D eigenvalue weighted by atomic mass is 10.1. The Balaban J connectivity index is 1.20. The van der Waals surface area contributed by atoms with E-state index in [0.717, 1.165) is 46.5 Å². The second-order valence-corrected chi connectivity index (χ2v) is 11.5. The second kappa shape index (κ2) is 11.4. The summed E-state index contributed by atoms with van der Waals surface area (Å²) in [6.07, 6.45) is 6.85. The molecular formula is C34H36N4O4. The van der Waals surface area contributed by atoms with Gasteiger partial charge < -0.3 is 20.1 Å². The third kappa shape index (κ3) is 5.62. The number of aryl methyl sites for hydroxylation is 1. The molecule has 216 valence electrons. The van der Waals surface area contributed by atoms with E-state index in [1.807, 2.05) is 53.6 Å². The van der Waals surface area contributed by atoms with Crippen LogP contribution in [0.15, 0.2) is 73.1 Å². The van der Waals surface area contributed by atoms with Gasteiger partial charge in [-0.15, -0.1) is 0 Å². The number of carbonyl (C=O) groups is 2. The van der Waals surface area contributed by atoms with Crippen LogP contribution in [-0.2, 0) is 11.3 Å². The maximum absolute atomic E-state index is 13.7. The zero-order valence-corrected chi connectivity index (χ0v) is 24.1. The van der Waals surface area contributed by atoms with Gasteiger partial charge in [-0.3, -0.25) is 14.3 Å². The first-order chi connectivity index (χ1) is 20.3. The first-order valence-electron chi connectivity index (χ1n) is 14.5. The number of benzene rings is 3. The van der Waals surface area contributed by atoms with Gasteiger partial charge in [0.15, 0.2) is 5.75 Å². The van der Waals surface area contributed by atoms with E-state index < -0.39 is 5.91 Å². The lowest BCUT2D eigenvalue weighted by Gasteiger charge is -2.25. The van der Waals surface area contributed by atoms with Crippen molar-refractivity contribution in [2.45, 2.75) is 46.1 Å². The molecule has 0 atom stereocenters. The molecule has 8 nitrogen and oxygen atoms in total. The fourth-order valence-electron chi connectivity index (χ4n) is 5.59. The van der Waals surface area contributed by atoms with Gasteiger partial charge in [0.2, 0.25) is 11.8 Å². The predicted molar refractivity (Wildman–Crippen MR) is 162 cm³/mol.